The molecule has 26 heavy (non-hydrogen) atoms. The summed E-state index contributed by atoms with van der Waals surface area (Å²) in [5.41, 5.74) is 2.16. The van der Waals surface area contributed by atoms with Crippen molar-refractivity contribution in [2.45, 2.75) is 18.9 Å². The highest BCUT2D eigenvalue weighted by atomic mass is 16.5. The van der Waals surface area contributed by atoms with Crippen LogP contribution in [0.2, 0.25) is 0 Å². The Morgan fingerprint density at radius 1 is 1.27 bits per heavy atom. The van der Waals surface area contributed by atoms with Crippen molar-refractivity contribution >= 4 is 11.7 Å². The van der Waals surface area contributed by atoms with E-state index in [0.717, 1.165) is 23.3 Å². The van der Waals surface area contributed by atoms with Crippen LogP contribution in [-0.2, 0) is 11.3 Å². The maximum atomic E-state index is 12.5. The number of carbonyl (C=O) groups is 1. The first kappa shape index (κ1) is 16.3. The lowest BCUT2D eigenvalue weighted by molar-refractivity contribution is -0.117. The number of nitrogens with one attached hydrogen (secondary N) is 1. The zero-order valence-electron chi connectivity index (χ0n) is 14.5. The summed E-state index contributed by atoms with van der Waals surface area (Å²) in [6, 6.07) is 13.6. The van der Waals surface area contributed by atoms with Crippen LogP contribution in [0.15, 0.2) is 61.1 Å². The fourth-order valence-electron chi connectivity index (χ4n) is 3.22. The minimum Gasteiger partial charge on any atom is -0.496 e. The van der Waals surface area contributed by atoms with E-state index >= 15 is 0 Å². The number of carbonyl (C=O) groups excluding carboxylic acids is 1. The number of pyridine rings is 1. The molecule has 1 amide bonds. The van der Waals surface area contributed by atoms with Crippen molar-refractivity contribution in [1.82, 2.24) is 14.8 Å². The molecule has 3 aromatic rings. The number of anilines is 1. The molecule has 2 atom stereocenters. The number of nitrogens with zero attached hydrogens (tertiary/aromatic N) is 3. The molecule has 6 heteroatoms. The largest absolute Gasteiger partial charge is 0.496 e. The second-order valence-corrected chi connectivity index (χ2v) is 6.44. The fourth-order valence-corrected chi connectivity index (χ4v) is 3.22. The summed E-state index contributed by atoms with van der Waals surface area (Å²) in [6.07, 6.45) is 6.24. The Morgan fingerprint density at radius 3 is 2.96 bits per heavy atom. The molecule has 1 aliphatic carbocycles. The van der Waals surface area contributed by atoms with Crippen molar-refractivity contribution in [2.24, 2.45) is 5.92 Å². The molecule has 1 N–H and O–H groups in total. The molecular formula is C20H20N4O2. The van der Waals surface area contributed by atoms with Crippen LogP contribution in [0.4, 0.5) is 5.82 Å². The highest BCUT2D eigenvalue weighted by Gasteiger charge is 2.45. The van der Waals surface area contributed by atoms with Gasteiger partial charge in [0.25, 0.3) is 0 Å². The van der Waals surface area contributed by atoms with Gasteiger partial charge in [0.15, 0.2) is 5.82 Å². The summed E-state index contributed by atoms with van der Waals surface area (Å²) in [5, 5.41) is 7.34. The van der Waals surface area contributed by atoms with Gasteiger partial charge in [-0.05, 0) is 35.6 Å². The third kappa shape index (κ3) is 3.44. The molecule has 1 aliphatic rings. The van der Waals surface area contributed by atoms with Gasteiger partial charge in [0, 0.05) is 30.6 Å². The zero-order valence-corrected chi connectivity index (χ0v) is 14.5. The van der Waals surface area contributed by atoms with Crippen LogP contribution in [0, 0.1) is 5.92 Å². The first-order chi connectivity index (χ1) is 12.7. The number of methoxy groups -OCH3 is 1. The molecule has 6 nitrogen and oxygen atoms in total. The molecule has 1 fully saturated rings. The summed E-state index contributed by atoms with van der Waals surface area (Å²) >= 11 is 0. The van der Waals surface area contributed by atoms with Crippen molar-refractivity contribution in [3.8, 4) is 5.75 Å². The van der Waals surface area contributed by atoms with Crippen LogP contribution >= 0.6 is 0 Å². The standard InChI is InChI=1S/C20H20N4O2/c1-26-18-7-3-2-6-15(18)16-11-17(16)20(25)22-19-8-10-24(23-19)13-14-5-4-9-21-12-14/h2-10,12,16-17H,11,13H2,1H3,(H,22,23,25)/t16-,17+/m0/s1. The normalized spacial score (nSPS) is 18.3. The third-order valence-corrected chi connectivity index (χ3v) is 4.62. The molecule has 0 bridgehead atoms. The van der Waals surface area contributed by atoms with E-state index in [1.807, 2.05) is 54.9 Å². The van der Waals surface area contributed by atoms with Gasteiger partial charge < -0.3 is 10.1 Å². The molecular weight excluding hydrogens is 328 g/mol. The lowest BCUT2D eigenvalue weighted by Crippen LogP contribution is -2.15. The predicted molar refractivity (Wildman–Crippen MR) is 98.0 cm³/mol. The summed E-state index contributed by atoms with van der Waals surface area (Å²) in [7, 11) is 1.66. The maximum absolute atomic E-state index is 12.5. The molecule has 0 aliphatic heterocycles. The number of para-hydroxylation sites is 1. The van der Waals surface area contributed by atoms with E-state index in [0.29, 0.717) is 12.4 Å². The maximum Gasteiger partial charge on any atom is 0.229 e. The molecule has 0 radical (unpaired) electrons. The number of amides is 1. The molecule has 2 aromatic heterocycles. The predicted octanol–water partition coefficient (Wildman–Crippen LogP) is 3.08. The minimum atomic E-state index is -0.0326. The molecule has 4 rings (SSSR count). The highest BCUT2D eigenvalue weighted by Crippen LogP contribution is 2.50. The monoisotopic (exact) mass is 348 g/mol. The summed E-state index contributed by atoms with van der Waals surface area (Å²) in [4.78, 5) is 16.6. The van der Waals surface area contributed by atoms with E-state index in [-0.39, 0.29) is 17.7 Å². The Hall–Kier alpha value is -3.15. The second kappa shape index (κ2) is 7.00. The first-order valence-electron chi connectivity index (χ1n) is 8.61. The fraction of sp³-hybridized carbons (Fsp3) is 0.250. The first-order valence-corrected chi connectivity index (χ1v) is 8.61. The minimum absolute atomic E-state index is 0.00698. The Bertz CT molecular complexity index is 907. The number of ether oxygens (including phenoxy) is 1. The van der Waals surface area contributed by atoms with Gasteiger partial charge in [0.05, 0.1) is 13.7 Å². The van der Waals surface area contributed by atoms with Crippen LogP contribution in [0.1, 0.15) is 23.5 Å². The van der Waals surface area contributed by atoms with Crippen molar-refractivity contribution in [3.05, 3.63) is 72.2 Å². The van der Waals surface area contributed by atoms with Crippen LogP contribution in [0.3, 0.4) is 0 Å². The topological polar surface area (TPSA) is 69.0 Å². The van der Waals surface area contributed by atoms with E-state index < -0.39 is 0 Å². The summed E-state index contributed by atoms with van der Waals surface area (Å²) in [6.45, 7) is 0.622. The average Bonchev–Trinajstić information content (AvgIpc) is 3.37. The third-order valence-electron chi connectivity index (χ3n) is 4.62. The van der Waals surface area contributed by atoms with Crippen molar-refractivity contribution < 1.29 is 9.53 Å². The van der Waals surface area contributed by atoms with Gasteiger partial charge in [0.2, 0.25) is 5.91 Å². The van der Waals surface area contributed by atoms with E-state index in [1.165, 1.54) is 0 Å². The van der Waals surface area contributed by atoms with Crippen LogP contribution < -0.4 is 10.1 Å². The molecule has 1 saturated carbocycles. The van der Waals surface area contributed by atoms with E-state index in [9.17, 15) is 4.79 Å². The smallest absolute Gasteiger partial charge is 0.229 e. The lowest BCUT2D eigenvalue weighted by Gasteiger charge is -2.07. The molecule has 132 valence electrons. The highest BCUT2D eigenvalue weighted by molar-refractivity contribution is 5.94. The van der Waals surface area contributed by atoms with E-state index in [4.69, 9.17) is 4.74 Å². The van der Waals surface area contributed by atoms with E-state index in [2.05, 4.69) is 15.4 Å². The quantitative estimate of drug-likeness (QED) is 0.743. The number of rotatable bonds is 6. The summed E-state index contributed by atoms with van der Waals surface area (Å²) < 4.78 is 7.19. The van der Waals surface area contributed by atoms with Crippen LogP contribution in [0.5, 0.6) is 5.75 Å². The summed E-state index contributed by atoms with van der Waals surface area (Å²) in [5.74, 6) is 1.60. The van der Waals surface area contributed by atoms with Crippen molar-refractivity contribution in [1.29, 1.82) is 0 Å². The van der Waals surface area contributed by atoms with Gasteiger partial charge in [-0.15, -0.1) is 0 Å². The van der Waals surface area contributed by atoms with Gasteiger partial charge in [-0.25, -0.2) is 0 Å². The van der Waals surface area contributed by atoms with Gasteiger partial charge in [-0.2, -0.15) is 5.10 Å². The number of aromatic nitrogens is 3. The Labute approximate surface area is 151 Å². The Morgan fingerprint density at radius 2 is 2.15 bits per heavy atom. The van der Waals surface area contributed by atoms with Crippen LogP contribution in [0.25, 0.3) is 0 Å². The van der Waals surface area contributed by atoms with Gasteiger partial charge >= 0.3 is 0 Å². The van der Waals surface area contributed by atoms with Crippen LogP contribution in [-0.4, -0.2) is 27.8 Å². The van der Waals surface area contributed by atoms with Gasteiger partial charge in [-0.1, -0.05) is 24.3 Å². The average molecular weight is 348 g/mol. The van der Waals surface area contributed by atoms with Gasteiger partial charge in [-0.3, -0.25) is 14.5 Å². The number of hydrogen-bond donors (Lipinski definition) is 1. The molecule has 2 heterocycles. The molecule has 0 unspecified atom stereocenters. The number of benzene rings is 1. The Kier molecular flexibility index (Phi) is 4.39. The Balaban J connectivity index is 1.37. The SMILES string of the molecule is COc1ccccc1[C@@H]1C[C@H]1C(=O)Nc1ccn(Cc2cccnc2)n1. The molecule has 0 spiro atoms. The number of hydrogen-bond acceptors (Lipinski definition) is 4. The van der Waals surface area contributed by atoms with Gasteiger partial charge in [0.1, 0.15) is 5.75 Å². The van der Waals surface area contributed by atoms with Crippen molar-refractivity contribution in [2.75, 3.05) is 12.4 Å². The second-order valence-electron chi connectivity index (χ2n) is 6.44. The lowest BCUT2D eigenvalue weighted by atomic mass is 10.1. The molecule has 1 aromatic carbocycles. The van der Waals surface area contributed by atoms with Crippen molar-refractivity contribution in [3.63, 3.8) is 0 Å². The molecule has 0 saturated heterocycles. The zero-order chi connectivity index (χ0) is 17.9. The van der Waals surface area contributed by atoms with E-state index in [1.54, 1.807) is 18.0 Å².